The fourth-order valence-corrected chi connectivity index (χ4v) is 2.73. The third-order valence-corrected chi connectivity index (χ3v) is 4.33. The minimum Gasteiger partial charge on any atom is -0.494 e. The van der Waals surface area contributed by atoms with E-state index < -0.39 is 5.92 Å². The van der Waals surface area contributed by atoms with E-state index in [0.717, 1.165) is 12.8 Å². The zero-order valence-electron chi connectivity index (χ0n) is 15.4. The van der Waals surface area contributed by atoms with Crippen LogP contribution >= 0.6 is 0 Å². The maximum atomic E-state index is 12.4. The first-order valence-corrected chi connectivity index (χ1v) is 9.21. The minimum absolute atomic E-state index is 0.170. The lowest BCUT2D eigenvalue weighted by molar-refractivity contribution is -0.120. The Morgan fingerprint density at radius 3 is 2.96 bits per heavy atom. The number of unbranched alkanes of at least 4 members (excludes halogenated alkanes) is 1. The molecule has 0 aromatic heterocycles. The Labute approximate surface area is 158 Å². The summed E-state index contributed by atoms with van der Waals surface area (Å²) < 4.78 is 11.3. The van der Waals surface area contributed by atoms with Crippen LogP contribution in [0.25, 0.3) is 0 Å². The Morgan fingerprint density at radius 1 is 1.26 bits per heavy atom. The predicted molar refractivity (Wildman–Crippen MR) is 103 cm³/mol. The lowest BCUT2D eigenvalue weighted by Crippen LogP contribution is -2.37. The average Bonchev–Trinajstić information content (AvgIpc) is 2.85. The van der Waals surface area contributed by atoms with Crippen LogP contribution in [0.3, 0.4) is 0 Å². The van der Waals surface area contributed by atoms with E-state index in [9.17, 15) is 9.59 Å². The standard InChI is InChI=1S/C21H24N2O4/c1-2-3-11-26-17-8-6-7-15(12-17)20(24)22-13-16-14-27-19-10-5-4-9-18(19)23-21(16)25/h4-10,12,16H,2-3,11,13-14H2,1H3,(H,22,24)(H,23,25). The zero-order chi connectivity index (χ0) is 19.1. The van der Waals surface area contributed by atoms with Gasteiger partial charge in [0.2, 0.25) is 5.91 Å². The van der Waals surface area contributed by atoms with Gasteiger partial charge < -0.3 is 20.1 Å². The Kier molecular flexibility index (Phi) is 6.30. The van der Waals surface area contributed by atoms with E-state index in [-0.39, 0.29) is 25.0 Å². The van der Waals surface area contributed by atoms with Gasteiger partial charge in [0.15, 0.2) is 0 Å². The minimum atomic E-state index is -0.467. The number of carbonyl (C=O) groups is 2. The van der Waals surface area contributed by atoms with Crippen LogP contribution in [0.15, 0.2) is 48.5 Å². The summed E-state index contributed by atoms with van der Waals surface area (Å²) in [6, 6.07) is 14.3. The first-order chi connectivity index (χ1) is 13.2. The molecule has 6 nitrogen and oxygen atoms in total. The van der Waals surface area contributed by atoms with Gasteiger partial charge in [0.1, 0.15) is 18.1 Å². The Hall–Kier alpha value is -3.02. The summed E-state index contributed by atoms with van der Waals surface area (Å²) in [5.41, 5.74) is 1.15. The van der Waals surface area contributed by atoms with E-state index >= 15 is 0 Å². The van der Waals surface area contributed by atoms with Gasteiger partial charge in [-0.3, -0.25) is 9.59 Å². The van der Waals surface area contributed by atoms with Crippen molar-refractivity contribution in [3.63, 3.8) is 0 Å². The second-order valence-corrected chi connectivity index (χ2v) is 6.43. The molecule has 1 atom stereocenters. The molecular formula is C21H24N2O4. The summed E-state index contributed by atoms with van der Waals surface area (Å²) >= 11 is 0. The van der Waals surface area contributed by atoms with Crippen molar-refractivity contribution in [2.75, 3.05) is 25.1 Å². The highest BCUT2D eigenvalue weighted by molar-refractivity contribution is 5.97. The fraction of sp³-hybridized carbons (Fsp3) is 0.333. The Balaban J connectivity index is 1.56. The molecule has 1 heterocycles. The molecule has 0 bridgehead atoms. The highest BCUT2D eigenvalue weighted by Crippen LogP contribution is 2.27. The largest absolute Gasteiger partial charge is 0.494 e. The molecule has 0 fully saturated rings. The lowest BCUT2D eigenvalue weighted by Gasteiger charge is -2.14. The van der Waals surface area contributed by atoms with Gasteiger partial charge in [-0.15, -0.1) is 0 Å². The van der Waals surface area contributed by atoms with Crippen LogP contribution in [-0.4, -0.2) is 31.6 Å². The lowest BCUT2D eigenvalue weighted by atomic mass is 10.1. The number of benzene rings is 2. The van der Waals surface area contributed by atoms with Crippen molar-refractivity contribution in [1.29, 1.82) is 0 Å². The molecule has 0 spiro atoms. The van der Waals surface area contributed by atoms with Crippen molar-refractivity contribution in [3.8, 4) is 11.5 Å². The number of ether oxygens (including phenoxy) is 2. The Bertz CT molecular complexity index is 806. The maximum Gasteiger partial charge on any atom is 0.251 e. The summed E-state index contributed by atoms with van der Waals surface area (Å²) in [5, 5.41) is 5.65. The molecule has 142 valence electrons. The van der Waals surface area contributed by atoms with Crippen molar-refractivity contribution in [1.82, 2.24) is 5.32 Å². The number of rotatable bonds is 7. The smallest absolute Gasteiger partial charge is 0.251 e. The van der Waals surface area contributed by atoms with E-state index in [1.54, 1.807) is 30.3 Å². The molecule has 0 saturated heterocycles. The SMILES string of the molecule is CCCCOc1cccc(C(=O)NCC2COc3ccccc3NC2=O)c1. The zero-order valence-corrected chi connectivity index (χ0v) is 15.4. The number of nitrogens with one attached hydrogen (secondary N) is 2. The number of anilines is 1. The van der Waals surface area contributed by atoms with Crippen LogP contribution in [0.4, 0.5) is 5.69 Å². The molecule has 2 aromatic rings. The molecule has 0 saturated carbocycles. The molecule has 0 aliphatic carbocycles. The van der Waals surface area contributed by atoms with Crippen LogP contribution < -0.4 is 20.1 Å². The van der Waals surface area contributed by atoms with Crippen LogP contribution in [0.5, 0.6) is 11.5 Å². The second-order valence-electron chi connectivity index (χ2n) is 6.43. The number of fused-ring (bicyclic) bond motifs is 1. The van der Waals surface area contributed by atoms with E-state index in [1.165, 1.54) is 0 Å². The maximum absolute atomic E-state index is 12.4. The second kappa shape index (κ2) is 9.07. The third kappa shape index (κ3) is 5.00. The van der Waals surface area contributed by atoms with Gasteiger partial charge in [-0.2, -0.15) is 0 Å². The molecule has 1 unspecified atom stereocenters. The van der Waals surface area contributed by atoms with Crippen molar-refractivity contribution in [2.24, 2.45) is 5.92 Å². The summed E-state index contributed by atoms with van der Waals surface area (Å²) in [4.78, 5) is 24.8. The number of amides is 2. The average molecular weight is 368 g/mol. The molecule has 0 radical (unpaired) electrons. The van der Waals surface area contributed by atoms with Crippen molar-refractivity contribution in [2.45, 2.75) is 19.8 Å². The van der Waals surface area contributed by atoms with Gasteiger partial charge in [-0.05, 0) is 36.8 Å². The van der Waals surface area contributed by atoms with Gasteiger partial charge in [-0.1, -0.05) is 31.5 Å². The molecule has 27 heavy (non-hydrogen) atoms. The quantitative estimate of drug-likeness (QED) is 0.736. The van der Waals surface area contributed by atoms with E-state index in [0.29, 0.717) is 29.4 Å². The van der Waals surface area contributed by atoms with Crippen molar-refractivity contribution < 1.29 is 19.1 Å². The Morgan fingerprint density at radius 2 is 2.11 bits per heavy atom. The van der Waals surface area contributed by atoms with Crippen molar-refractivity contribution >= 4 is 17.5 Å². The molecular weight excluding hydrogens is 344 g/mol. The molecule has 2 N–H and O–H groups in total. The van der Waals surface area contributed by atoms with Gasteiger partial charge >= 0.3 is 0 Å². The highest BCUT2D eigenvalue weighted by Gasteiger charge is 2.25. The summed E-state index contributed by atoms with van der Waals surface area (Å²) in [5.74, 6) is 0.423. The number of carbonyl (C=O) groups excluding carboxylic acids is 2. The number of hydrogen-bond donors (Lipinski definition) is 2. The van der Waals surface area contributed by atoms with E-state index in [1.807, 2.05) is 18.2 Å². The van der Waals surface area contributed by atoms with Crippen LogP contribution in [-0.2, 0) is 4.79 Å². The molecule has 2 aromatic carbocycles. The predicted octanol–water partition coefficient (Wildman–Crippen LogP) is 3.24. The van der Waals surface area contributed by atoms with E-state index in [2.05, 4.69) is 17.6 Å². The normalized spacial score (nSPS) is 15.7. The number of para-hydroxylation sites is 2. The summed E-state index contributed by atoms with van der Waals surface area (Å²) in [7, 11) is 0. The van der Waals surface area contributed by atoms with Gasteiger partial charge in [0, 0.05) is 12.1 Å². The van der Waals surface area contributed by atoms with E-state index in [4.69, 9.17) is 9.47 Å². The first kappa shape index (κ1) is 18.8. The topological polar surface area (TPSA) is 76.7 Å². The fourth-order valence-electron chi connectivity index (χ4n) is 2.73. The third-order valence-electron chi connectivity index (χ3n) is 4.33. The summed E-state index contributed by atoms with van der Waals surface area (Å²) in [6.45, 7) is 3.13. The molecule has 2 amide bonds. The molecule has 1 aliphatic heterocycles. The molecule has 6 heteroatoms. The van der Waals surface area contributed by atoms with Crippen LogP contribution in [0.1, 0.15) is 30.1 Å². The highest BCUT2D eigenvalue weighted by atomic mass is 16.5. The van der Waals surface area contributed by atoms with Gasteiger partial charge in [0.25, 0.3) is 5.91 Å². The van der Waals surface area contributed by atoms with Gasteiger partial charge in [0.05, 0.1) is 18.2 Å². The first-order valence-electron chi connectivity index (χ1n) is 9.21. The summed E-state index contributed by atoms with van der Waals surface area (Å²) in [6.07, 6.45) is 2.02. The molecule has 1 aliphatic rings. The van der Waals surface area contributed by atoms with Crippen LogP contribution in [0, 0.1) is 5.92 Å². The monoisotopic (exact) mass is 368 g/mol. The van der Waals surface area contributed by atoms with Gasteiger partial charge in [-0.25, -0.2) is 0 Å². The molecule has 3 rings (SSSR count). The van der Waals surface area contributed by atoms with Crippen LogP contribution in [0.2, 0.25) is 0 Å². The number of hydrogen-bond acceptors (Lipinski definition) is 4. The van der Waals surface area contributed by atoms with Crippen molar-refractivity contribution in [3.05, 3.63) is 54.1 Å².